The Bertz CT molecular complexity index is 1200. The van der Waals surface area contributed by atoms with Crippen LogP contribution in [0.25, 0.3) is 0 Å². The summed E-state index contributed by atoms with van der Waals surface area (Å²) in [4.78, 5) is 28.7. The number of amides is 1. The van der Waals surface area contributed by atoms with Crippen molar-refractivity contribution in [1.29, 1.82) is 0 Å². The van der Waals surface area contributed by atoms with Crippen LogP contribution in [-0.2, 0) is 16.1 Å². The molecule has 34 heavy (non-hydrogen) atoms. The van der Waals surface area contributed by atoms with E-state index in [4.69, 9.17) is 4.74 Å². The van der Waals surface area contributed by atoms with E-state index < -0.39 is 6.04 Å². The predicted molar refractivity (Wildman–Crippen MR) is 131 cm³/mol. The third-order valence-corrected chi connectivity index (χ3v) is 6.21. The normalized spacial score (nSPS) is 17.3. The van der Waals surface area contributed by atoms with Crippen LogP contribution in [0.2, 0.25) is 0 Å². The second-order valence-corrected chi connectivity index (χ2v) is 8.35. The first-order chi connectivity index (χ1) is 16.7. The van der Waals surface area contributed by atoms with Crippen LogP contribution >= 0.6 is 0 Å². The number of nitrogens with zero attached hydrogens (tertiary/aromatic N) is 3. The number of rotatable bonds is 5. The zero-order valence-corrected chi connectivity index (χ0v) is 18.8. The topological polar surface area (TPSA) is 74.2 Å². The van der Waals surface area contributed by atoms with Crippen molar-refractivity contribution in [2.75, 3.05) is 31.1 Å². The highest BCUT2D eigenvalue weighted by Crippen LogP contribution is 2.23. The van der Waals surface area contributed by atoms with Gasteiger partial charge in [-0.15, -0.1) is 5.10 Å². The van der Waals surface area contributed by atoms with Gasteiger partial charge in [0.05, 0.1) is 0 Å². The Kier molecular flexibility index (Phi) is 6.25. The molecule has 3 aromatic rings. The fourth-order valence-corrected chi connectivity index (χ4v) is 4.37. The number of fused-ring (bicyclic) bond motifs is 1. The summed E-state index contributed by atoms with van der Waals surface area (Å²) in [6.45, 7) is 3.26. The number of aldehydes is 1. The molecule has 0 spiro atoms. The second-order valence-electron chi connectivity index (χ2n) is 8.35. The van der Waals surface area contributed by atoms with Crippen LogP contribution in [0.4, 0.5) is 5.69 Å². The van der Waals surface area contributed by atoms with Crippen molar-refractivity contribution in [1.82, 2.24) is 10.3 Å². The summed E-state index contributed by atoms with van der Waals surface area (Å²) in [6.07, 6.45) is 0.827. The first kappa shape index (κ1) is 21.7. The molecule has 7 heteroatoms. The lowest BCUT2D eigenvalue weighted by Gasteiger charge is -2.36. The maximum absolute atomic E-state index is 13.1. The van der Waals surface area contributed by atoms with Gasteiger partial charge in [0.1, 0.15) is 18.9 Å². The molecule has 0 saturated carbocycles. The van der Waals surface area contributed by atoms with Gasteiger partial charge in [0.2, 0.25) is 5.90 Å². The summed E-state index contributed by atoms with van der Waals surface area (Å²) in [5.41, 5.74) is 7.18. The first-order valence-corrected chi connectivity index (χ1v) is 11.4. The molecule has 3 aromatic carbocycles. The molecule has 1 fully saturated rings. The van der Waals surface area contributed by atoms with Crippen LogP contribution in [0.15, 0.2) is 84.0 Å². The summed E-state index contributed by atoms with van der Waals surface area (Å²) in [5.74, 6) is 0.466. The fourth-order valence-electron chi connectivity index (χ4n) is 4.37. The van der Waals surface area contributed by atoms with E-state index in [1.165, 1.54) is 5.69 Å². The van der Waals surface area contributed by atoms with Crippen molar-refractivity contribution in [2.24, 2.45) is 5.10 Å². The van der Waals surface area contributed by atoms with Crippen molar-refractivity contribution < 1.29 is 14.3 Å². The molecule has 172 valence electrons. The van der Waals surface area contributed by atoms with Gasteiger partial charge in [0, 0.05) is 43.0 Å². The lowest BCUT2D eigenvalue weighted by atomic mass is 10.0. The number of hydrogen-bond donors (Lipinski definition) is 1. The molecule has 5 rings (SSSR count). The highest BCUT2D eigenvalue weighted by atomic mass is 16.5. The molecule has 2 aliphatic heterocycles. The third-order valence-electron chi connectivity index (χ3n) is 6.21. The minimum atomic E-state index is -0.480. The predicted octanol–water partition coefficient (Wildman–Crippen LogP) is 3.37. The molecular weight excluding hydrogens is 428 g/mol. The standard InChI is InChI=1S/C27H26N4O3/c32-18-25-23-11-4-5-12-24(23)26(29-28-25)34-19-20-7-6-8-21(17-20)27(33)31-15-13-30(14-16-31)22-9-2-1-3-10-22/h1-12,17-18,25,28H,13-16,19H2. The molecule has 2 heterocycles. The molecule has 1 amide bonds. The molecule has 1 N–H and O–H groups in total. The fraction of sp³-hybridized carbons (Fsp3) is 0.222. The summed E-state index contributed by atoms with van der Waals surface area (Å²) in [7, 11) is 0. The maximum Gasteiger partial charge on any atom is 0.253 e. The van der Waals surface area contributed by atoms with Crippen LogP contribution < -0.4 is 10.3 Å². The van der Waals surface area contributed by atoms with E-state index in [0.717, 1.165) is 36.1 Å². The Morgan fingerprint density at radius 2 is 1.74 bits per heavy atom. The molecular formula is C27H26N4O3. The molecule has 1 saturated heterocycles. The number of anilines is 1. The Balaban J connectivity index is 1.22. The Morgan fingerprint density at radius 1 is 0.971 bits per heavy atom. The van der Waals surface area contributed by atoms with Crippen LogP contribution in [0.5, 0.6) is 0 Å². The number of benzene rings is 3. The summed E-state index contributed by atoms with van der Waals surface area (Å²) >= 11 is 0. The van der Waals surface area contributed by atoms with E-state index in [0.29, 0.717) is 24.6 Å². The van der Waals surface area contributed by atoms with Gasteiger partial charge in [-0.2, -0.15) is 0 Å². The van der Waals surface area contributed by atoms with Gasteiger partial charge in [-0.05, 0) is 41.5 Å². The zero-order valence-electron chi connectivity index (χ0n) is 18.8. The van der Waals surface area contributed by atoms with Crippen molar-refractivity contribution in [2.45, 2.75) is 12.6 Å². The van der Waals surface area contributed by atoms with Crippen molar-refractivity contribution in [3.63, 3.8) is 0 Å². The summed E-state index contributed by atoms with van der Waals surface area (Å²) in [6, 6.07) is 24.9. The van der Waals surface area contributed by atoms with Crippen LogP contribution in [0.1, 0.15) is 33.1 Å². The minimum Gasteiger partial charge on any atom is -0.471 e. The third kappa shape index (κ3) is 4.50. The smallest absolute Gasteiger partial charge is 0.253 e. The number of carbonyl (C=O) groups excluding carboxylic acids is 2. The molecule has 7 nitrogen and oxygen atoms in total. The van der Waals surface area contributed by atoms with Gasteiger partial charge in [0.25, 0.3) is 5.91 Å². The van der Waals surface area contributed by atoms with Gasteiger partial charge in [0.15, 0.2) is 0 Å². The zero-order chi connectivity index (χ0) is 23.3. The lowest BCUT2D eigenvalue weighted by Crippen LogP contribution is -2.48. The number of nitrogens with one attached hydrogen (secondary N) is 1. The highest BCUT2D eigenvalue weighted by Gasteiger charge is 2.24. The Morgan fingerprint density at radius 3 is 2.53 bits per heavy atom. The number of hydrogen-bond acceptors (Lipinski definition) is 6. The molecule has 0 aliphatic carbocycles. The number of ether oxygens (including phenoxy) is 1. The van der Waals surface area contributed by atoms with Crippen molar-refractivity contribution >= 4 is 23.8 Å². The molecule has 1 unspecified atom stereocenters. The first-order valence-electron chi connectivity index (χ1n) is 11.4. The number of hydrazone groups is 1. The maximum atomic E-state index is 13.1. The highest BCUT2D eigenvalue weighted by molar-refractivity contribution is 5.97. The Labute approximate surface area is 198 Å². The van der Waals surface area contributed by atoms with E-state index in [1.807, 2.05) is 71.6 Å². The molecule has 0 radical (unpaired) electrons. The van der Waals surface area contributed by atoms with Crippen LogP contribution in [0.3, 0.4) is 0 Å². The van der Waals surface area contributed by atoms with Crippen LogP contribution in [0, 0.1) is 0 Å². The van der Waals surface area contributed by atoms with Gasteiger partial charge < -0.3 is 19.3 Å². The monoisotopic (exact) mass is 454 g/mol. The average Bonchev–Trinajstić information content (AvgIpc) is 2.92. The molecule has 1 atom stereocenters. The van der Waals surface area contributed by atoms with E-state index in [2.05, 4.69) is 27.6 Å². The SMILES string of the molecule is O=CC1NN=C(OCc2cccc(C(=O)N3CCN(c4ccccc4)CC3)c2)c2ccccc21. The van der Waals surface area contributed by atoms with E-state index >= 15 is 0 Å². The quantitative estimate of drug-likeness (QED) is 0.599. The molecule has 2 aliphatic rings. The van der Waals surface area contributed by atoms with Crippen molar-refractivity contribution in [3.05, 3.63) is 101 Å². The number of carbonyl (C=O) groups is 2. The average molecular weight is 455 g/mol. The number of piperazine rings is 1. The van der Waals surface area contributed by atoms with Crippen molar-refractivity contribution in [3.8, 4) is 0 Å². The summed E-state index contributed by atoms with van der Waals surface area (Å²) < 4.78 is 5.97. The largest absolute Gasteiger partial charge is 0.471 e. The van der Waals surface area contributed by atoms with Gasteiger partial charge in [-0.25, -0.2) is 0 Å². The van der Waals surface area contributed by atoms with Gasteiger partial charge >= 0.3 is 0 Å². The molecule has 0 bridgehead atoms. The van der Waals surface area contributed by atoms with Gasteiger partial charge in [-0.1, -0.05) is 48.5 Å². The Hall–Kier alpha value is -4.13. The van der Waals surface area contributed by atoms with Gasteiger partial charge in [-0.3, -0.25) is 10.2 Å². The number of para-hydroxylation sites is 1. The minimum absolute atomic E-state index is 0.0328. The van der Waals surface area contributed by atoms with Crippen LogP contribution in [-0.4, -0.2) is 49.2 Å². The van der Waals surface area contributed by atoms with E-state index in [-0.39, 0.29) is 12.5 Å². The summed E-state index contributed by atoms with van der Waals surface area (Å²) in [5, 5.41) is 4.23. The molecule has 0 aromatic heterocycles. The lowest BCUT2D eigenvalue weighted by molar-refractivity contribution is -0.109. The van der Waals surface area contributed by atoms with E-state index in [1.54, 1.807) is 0 Å². The van der Waals surface area contributed by atoms with E-state index in [9.17, 15) is 9.59 Å². The second kappa shape index (κ2) is 9.79.